The number of rotatable bonds is 1. The monoisotopic (exact) mass is 167 g/mol. The van der Waals surface area contributed by atoms with E-state index in [9.17, 15) is 0 Å². The van der Waals surface area contributed by atoms with Crippen LogP contribution in [0.3, 0.4) is 0 Å². The second-order valence-corrected chi connectivity index (χ2v) is 3.32. The van der Waals surface area contributed by atoms with Crippen LogP contribution < -0.4 is 0 Å². The van der Waals surface area contributed by atoms with Crippen molar-refractivity contribution >= 4 is 11.6 Å². The van der Waals surface area contributed by atoms with E-state index >= 15 is 0 Å². The molecule has 59 valence electrons. The normalized spacial score (nSPS) is 10.6. The SMILES string of the molecule is C[C](C)c1cccc(Cl)c1C. The Hall–Kier alpha value is -0.490. The maximum Gasteiger partial charge on any atom is 0.0438 e. The van der Waals surface area contributed by atoms with Gasteiger partial charge in [-0.25, -0.2) is 0 Å². The van der Waals surface area contributed by atoms with Crippen molar-refractivity contribution in [1.29, 1.82) is 0 Å². The molecule has 0 unspecified atom stereocenters. The van der Waals surface area contributed by atoms with Gasteiger partial charge in [0.05, 0.1) is 0 Å². The van der Waals surface area contributed by atoms with Gasteiger partial charge in [0.1, 0.15) is 0 Å². The molecule has 0 saturated carbocycles. The second-order valence-electron chi connectivity index (χ2n) is 2.91. The van der Waals surface area contributed by atoms with Crippen LogP contribution in [0.2, 0.25) is 5.02 Å². The predicted molar refractivity (Wildman–Crippen MR) is 49.9 cm³/mol. The molecule has 0 aromatic heterocycles. The van der Waals surface area contributed by atoms with Crippen molar-refractivity contribution in [3.05, 3.63) is 40.3 Å². The zero-order valence-corrected chi connectivity index (χ0v) is 7.87. The van der Waals surface area contributed by atoms with Crippen LogP contribution >= 0.6 is 11.6 Å². The Morgan fingerprint density at radius 2 is 1.91 bits per heavy atom. The Morgan fingerprint density at radius 3 is 2.36 bits per heavy atom. The molecule has 0 fully saturated rings. The molecule has 0 amide bonds. The molecule has 0 N–H and O–H groups in total. The van der Waals surface area contributed by atoms with Crippen molar-refractivity contribution in [2.75, 3.05) is 0 Å². The molecule has 1 aromatic carbocycles. The Morgan fingerprint density at radius 1 is 1.27 bits per heavy atom. The summed E-state index contributed by atoms with van der Waals surface area (Å²) in [7, 11) is 0. The van der Waals surface area contributed by atoms with Gasteiger partial charge in [0.15, 0.2) is 0 Å². The maximum atomic E-state index is 5.94. The fraction of sp³-hybridized carbons (Fsp3) is 0.300. The quantitative estimate of drug-likeness (QED) is 0.600. The molecule has 0 heterocycles. The molecular weight excluding hydrogens is 156 g/mol. The molecule has 0 bridgehead atoms. The summed E-state index contributed by atoms with van der Waals surface area (Å²) < 4.78 is 0. The molecule has 0 atom stereocenters. The average Bonchev–Trinajstić information content (AvgIpc) is 1.94. The molecule has 11 heavy (non-hydrogen) atoms. The van der Waals surface area contributed by atoms with Crippen LogP contribution in [0.15, 0.2) is 18.2 Å². The van der Waals surface area contributed by atoms with E-state index in [-0.39, 0.29) is 0 Å². The Bertz CT molecular complexity index is 251. The molecule has 0 aliphatic carbocycles. The smallest absolute Gasteiger partial charge is 0.0438 e. The first-order valence-electron chi connectivity index (χ1n) is 3.68. The van der Waals surface area contributed by atoms with E-state index in [1.54, 1.807) is 0 Å². The van der Waals surface area contributed by atoms with Crippen molar-refractivity contribution in [2.45, 2.75) is 20.8 Å². The van der Waals surface area contributed by atoms with Crippen LogP contribution in [0.25, 0.3) is 0 Å². The third kappa shape index (κ3) is 1.75. The van der Waals surface area contributed by atoms with E-state index in [0.29, 0.717) is 0 Å². The topological polar surface area (TPSA) is 0 Å². The van der Waals surface area contributed by atoms with Crippen LogP contribution in [0, 0.1) is 12.8 Å². The van der Waals surface area contributed by atoms with Crippen molar-refractivity contribution in [3.8, 4) is 0 Å². The summed E-state index contributed by atoms with van der Waals surface area (Å²) in [6, 6.07) is 6.00. The minimum absolute atomic E-state index is 0.851. The highest BCUT2D eigenvalue weighted by atomic mass is 35.5. The summed E-state index contributed by atoms with van der Waals surface area (Å²) >= 11 is 5.94. The molecular formula is C10H12Cl. The minimum atomic E-state index is 0.851. The maximum absolute atomic E-state index is 5.94. The van der Waals surface area contributed by atoms with Crippen LogP contribution in [0.5, 0.6) is 0 Å². The second kappa shape index (κ2) is 3.27. The van der Waals surface area contributed by atoms with Gasteiger partial charge < -0.3 is 0 Å². The molecule has 0 saturated heterocycles. The molecule has 1 aromatic rings. The average molecular weight is 168 g/mol. The minimum Gasteiger partial charge on any atom is -0.0840 e. The molecule has 1 radical (unpaired) electrons. The summed E-state index contributed by atoms with van der Waals surface area (Å²) in [5, 5.41) is 0.851. The number of halogens is 1. The largest absolute Gasteiger partial charge is 0.0840 e. The Labute approximate surface area is 73.2 Å². The third-order valence-electron chi connectivity index (χ3n) is 1.81. The standard InChI is InChI=1S/C10H12Cl/c1-7(2)9-5-4-6-10(11)8(9)3/h4-6H,1-3H3. The molecule has 1 heteroatoms. The molecule has 0 spiro atoms. The van der Waals surface area contributed by atoms with Gasteiger partial charge in [-0.15, -0.1) is 0 Å². The van der Waals surface area contributed by atoms with Gasteiger partial charge >= 0.3 is 0 Å². The van der Waals surface area contributed by atoms with Crippen molar-refractivity contribution < 1.29 is 0 Å². The lowest BCUT2D eigenvalue weighted by atomic mass is 9.98. The first-order chi connectivity index (χ1) is 5.13. The van der Waals surface area contributed by atoms with Crippen molar-refractivity contribution in [3.63, 3.8) is 0 Å². The van der Waals surface area contributed by atoms with E-state index in [0.717, 1.165) is 5.02 Å². The first kappa shape index (κ1) is 8.61. The fourth-order valence-electron chi connectivity index (χ4n) is 1.15. The predicted octanol–water partition coefficient (Wildman–Crippen LogP) is 3.61. The summed E-state index contributed by atoms with van der Waals surface area (Å²) in [5.74, 6) is 1.31. The van der Waals surface area contributed by atoms with E-state index in [1.807, 2.05) is 19.1 Å². The fourth-order valence-corrected chi connectivity index (χ4v) is 1.32. The zero-order valence-electron chi connectivity index (χ0n) is 7.11. The highest BCUT2D eigenvalue weighted by molar-refractivity contribution is 6.31. The van der Waals surface area contributed by atoms with E-state index < -0.39 is 0 Å². The lowest BCUT2D eigenvalue weighted by molar-refractivity contribution is 1.12. The van der Waals surface area contributed by atoms with Gasteiger partial charge in [-0.3, -0.25) is 0 Å². The van der Waals surface area contributed by atoms with Crippen molar-refractivity contribution in [1.82, 2.24) is 0 Å². The van der Waals surface area contributed by atoms with Gasteiger partial charge in [0, 0.05) is 5.02 Å². The van der Waals surface area contributed by atoms with Gasteiger partial charge in [-0.2, -0.15) is 0 Å². The van der Waals surface area contributed by atoms with E-state index in [4.69, 9.17) is 11.6 Å². The molecule has 1 rings (SSSR count). The summed E-state index contributed by atoms with van der Waals surface area (Å²) in [6.07, 6.45) is 0. The van der Waals surface area contributed by atoms with Gasteiger partial charge in [0.2, 0.25) is 0 Å². The van der Waals surface area contributed by atoms with Crippen LogP contribution in [0.4, 0.5) is 0 Å². The van der Waals surface area contributed by atoms with Gasteiger partial charge in [0.25, 0.3) is 0 Å². The lowest BCUT2D eigenvalue weighted by Gasteiger charge is -2.09. The third-order valence-corrected chi connectivity index (χ3v) is 2.22. The highest BCUT2D eigenvalue weighted by Gasteiger charge is 2.04. The Balaban J connectivity index is 3.17. The van der Waals surface area contributed by atoms with E-state index in [1.165, 1.54) is 17.0 Å². The number of hydrogen-bond acceptors (Lipinski definition) is 0. The molecule has 0 aliphatic heterocycles. The summed E-state index contributed by atoms with van der Waals surface area (Å²) in [5.41, 5.74) is 2.44. The summed E-state index contributed by atoms with van der Waals surface area (Å²) in [4.78, 5) is 0. The van der Waals surface area contributed by atoms with Crippen molar-refractivity contribution in [2.24, 2.45) is 0 Å². The first-order valence-corrected chi connectivity index (χ1v) is 4.06. The van der Waals surface area contributed by atoms with Crippen LogP contribution in [0.1, 0.15) is 25.0 Å². The highest BCUT2D eigenvalue weighted by Crippen LogP contribution is 2.23. The summed E-state index contributed by atoms with van der Waals surface area (Å²) in [6.45, 7) is 6.24. The van der Waals surface area contributed by atoms with E-state index in [2.05, 4.69) is 19.9 Å². The van der Waals surface area contributed by atoms with Crippen LogP contribution in [-0.4, -0.2) is 0 Å². The number of benzene rings is 1. The zero-order chi connectivity index (χ0) is 8.43. The van der Waals surface area contributed by atoms with Crippen LogP contribution in [-0.2, 0) is 0 Å². The number of hydrogen-bond donors (Lipinski definition) is 0. The Kier molecular flexibility index (Phi) is 2.56. The van der Waals surface area contributed by atoms with Gasteiger partial charge in [-0.1, -0.05) is 37.6 Å². The van der Waals surface area contributed by atoms with Gasteiger partial charge in [-0.05, 0) is 30.0 Å². The molecule has 0 nitrogen and oxygen atoms in total. The molecule has 0 aliphatic rings. The lowest BCUT2D eigenvalue weighted by Crippen LogP contribution is -1.92.